The van der Waals surface area contributed by atoms with Crippen LogP contribution in [0.5, 0.6) is 5.75 Å². The topological polar surface area (TPSA) is 223 Å². The molecule has 374 valence electrons. The number of hydrogen-bond acceptors (Lipinski definition) is 15. The zero-order valence-corrected chi connectivity index (χ0v) is 42.7. The lowest BCUT2D eigenvalue weighted by Gasteiger charge is -2.38. The number of aliphatic hydroxyl groups is 1. The monoisotopic (exact) mass is 1010 g/mol. The number of anilines is 1. The number of carbonyl (C=O) groups is 7. The second-order valence-electron chi connectivity index (χ2n) is 18.7. The smallest absolute Gasteiger partial charge is 0.409 e. The van der Waals surface area contributed by atoms with E-state index in [4.69, 9.17) is 35.3 Å². The number of likely N-dealkylation sites (N-methyl/N-ethyl adjacent to an activating group) is 1. The van der Waals surface area contributed by atoms with Crippen LogP contribution < -0.4 is 20.3 Å². The average Bonchev–Trinajstić information content (AvgIpc) is 3.93. The Morgan fingerprint density at radius 2 is 1.81 bits per heavy atom. The van der Waals surface area contributed by atoms with Crippen LogP contribution in [0.1, 0.15) is 79.2 Å². The Hall–Kier alpha value is -4.60. The van der Waals surface area contributed by atoms with Crippen molar-refractivity contribution in [3.05, 3.63) is 58.7 Å². The van der Waals surface area contributed by atoms with E-state index < -0.39 is 70.9 Å². The molecule has 0 spiro atoms. The highest BCUT2D eigenvalue weighted by molar-refractivity contribution is 8.77. The number of nitrogens with zero attached hydrogens (tertiary/aromatic N) is 3. The first-order valence-corrected chi connectivity index (χ1v) is 25.0. The summed E-state index contributed by atoms with van der Waals surface area (Å²) in [7, 11) is 9.03. The number of esters is 1. The van der Waals surface area contributed by atoms with Gasteiger partial charge in [0.25, 0.3) is 11.8 Å². The summed E-state index contributed by atoms with van der Waals surface area (Å²) in [5.41, 5.74) is -2.39. The first-order chi connectivity index (χ1) is 31.9. The summed E-state index contributed by atoms with van der Waals surface area (Å²) in [5.74, 6) is -1.81. The number of halogens is 1. The molecule has 0 unspecified atom stereocenters. The van der Waals surface area contributed by atoms with Crippen molar-refractivity contribution >= 4 is 80.5 Å². The van der Waals surface area contributed by atoms with Crippen LogP contribution in [0.25, 0.3) is 0 Å². The first kappa shape index (κ1) is 54.3. The molecule has 21 heteroatoms. The summed E-state index contributed by atoms with van der Waals surface area (Å²) in [6, 6.07) is 2.47. The van der Waals surface area contributed by atoms with E-state index in [0.717, 1.165) is 16.0 Å². The standard InChI is InChI=1S/C47H64ClN5O13S2/c1-28-12-11-13-33(63-10)47(61)26-45(5,27-64-43(60)50-47)42-46(6,66-42)34(25-39(58)52(8)31-23-30(22-28)24-32(62-9)40(31)48)65-41(59)29(2)51(7)36(55)16-18-44(3,4)68-67-21-19-49-35(54)17-20-53-37(56)14-15-38(53)57/h11-15,23-24,29,33-34,42,61H,16-22,25-27H2,1-10H3,(H,49,54)(H,50,60)/b13-11+,28-12+/t29-,33+,34-,42-,45+,46-,47-/m0/s1. The van der Waals surface area contributed by atoms with Crippen LogP contribution in [0.2, 0.25) is 5.02 Å². The summed E-state index contributed by atoms with van der Waals surface area (Å²) in [6.07, 6.45) is 4.08. The highest BCUT2D eigenvalue weighted by atomic mass is 35.5. The number of cyclic esters (lactones) is 1. The predicted octanol–water partition coefficient (Wildman–Crippen LogP) is 4.89. The molecule has 0 saturated carbocycles. The zero-order chi connectivity index (χ0) is 50.4. The third-order valence-corrected chi connectivity index (χ3v) is 16.4. The molecule has 0 aliphatic carbocycles. The molecule has 4 aliphatic heterocycles. The molecule has 2 fully saturated rings. The molecule has 3 N–H and O–H groups in total. The van der Waals surface area contributed by atoms with E-state index in [-0.39, 0.29) is 60.4 Å². The van der Waals surface area contributed by atoms with Crippen molar-refractivity contribution in [1.82, 2.24) is 20.4 Å². The molecular weight excluding hydrogens is 942 g/mol. The number of methoxy groups -OCH3 is 2. The lowest BCUT2D eigenvalue weighted by Crippen LogP contribution is -2.58. The lowest BCUT2D eigenvalue weighted by atomic mass is 9.73. The Labute approximate surface area is 410 Å². The lowest BCUT2D eigenvalue weighted by molar-refractivity contribution is -0.162. The highest BCUT2D eigenvalue weighted by Crippen LogP contribution is 2.55. The summed E-state index contributed by atoms with van der Waals surface area (Å²) in [4.78, 5) is 94.5. The van der Waals surface area contributed by atoms with E-state index in [1.807, 2.05) is 26.8 Å². The molecule has 1 aromatic carbocycles. The van der Waals surface area contributed by atoms with Gasteiger partial charge in [-0.15, -0.1) is 0 Å². The number of fused-ring (bicyclic) bond motifs is 6. The van der Waals surface area contributed by atoms with Gasteiger partial charge >= 0.3 is 12.1 Å². The molecule has 0 radical (unpaired) electrons. The number of imide groups is 1. The number of carbonyl (C=O) groups excluding carboxylic acids is 7. The Balaban J connectivity index is 1.29. The summed E-state index contributed by atoms with van der Waals surface area (Å²) in [6.45, 7) is 11.1. The van der Waals surface area contributed by atoms with Crippen molar-refractivity contribution in [3.63, 3.8) is 0 Å². The SMILES string of the molecule is COc1cc2cc(c1Cl)N(C)C(=O)C[C@H](OC(=O)[C@H](C)N(C)C(=O)CCC(C)(C)SSCCNC(=O)CCN1C(=O)C=CC1=O)[C@]1(C)O[C@H]1[C@@]1(C)COC(=O)N[C@](O)(C1)[C@H](OC)/C=C/C=C(\C)C2. The van der Waals surface area contributed by atoms with Gasteiger partial charge in [0, 0.05) is 81.6 Å². The van der Waals surface area contributed by atoms with Crippen LogP contribution in [0.15, 0.2) is 48.1 Å². The minimum Gasteiger partial charge on any atom is -0.495 e. The third kappa shape index (κ3) is 13.2. The predicted molar refractivity (Wildman–Crippen MR) is 258 cm³/mol. The van der Waals surface area contributed by atoms with Crippen molar-refractivity contribution in [3.8, 4) is 5.75 Å². The quantitative estimate of drug-likeness (QED) is 0.0660. The molecule has 1 aromatic rings. The van der Waals surface area contributed by atoms with Gasteiger partial charge in [0.1, 0.15) is 41.2 Å². The minimum absolute atomic E-state index is 0.00116. The van der Waals surface area contributed by atoms with Gasteiger partial charge in [-0.05, 0) is 65.2 Å². The number of nitrogens with one attached hydrogen (secondary N) is 2. The molecule has 68 heavy (non-hydrogen) atoms. The van der Waals surface area contributed by atoms with Gasteiger partial charge in [0.2, 0.25) is 17.7 Å². The average molecular weight is 1010 g/mol. The number of benzene rings is 1. The number of amides is 6. The number of ether oxygens (including phenoxy) is 5. The summed E-state index contributed by atoms with van der Waals surface area (Å²) in [5, 5.41) is 17.7. The molecule has 7 atom stereocenters. The van der Waals surface area contributed by atoms with Gasteiger partial charge in [-0.2, -0.15) is 0 Å². The highest BCUT2D eigenvalue weighted by Gasteiger charge is 2.69. The van der Waals surface area contributed by atoms with Crippen LogP contribution in [0, 0.1) is 5.41 Å². The van der Waals surface area contributed by atoms with Crippen LogP contribution in [0.3, 0.4) is 0 Å². The van der Waals surface area contributed by atoms with Gasteiger partial charge in [-0.3, -0.25) is 34.2 Å². The van der Waals surface area contributed by atoms with Crippen molar-refractivity contribution in [2.24, 2.45) is 5.41 Å². The fourth-order valence-electron chi connectivity index (χ4n) is 8.48. The molecule has 0 aromatic heterocycles. The molecule has 6 amide bonds. The Kier molecular flexibility index (Phi) is 17.9. The van der Waals surface area contributed by atoms with Gasteiger partial charge in [-0.1, -0.05) is 63.9 Å². The number of rotatable bonds is 16. The zero-order valence-electron chi connectivity index (χ0n) is 40.3. The Morgan fingerprint density at radius 3 is 2.47 bits per heavy atom. The number of hydrogen-bond donors (Lipinski definition) is 3. The van der Waals surface area contributed by atoms with Crippen LogP contribution in [-0.2, 0) is 54.1 Å². The number of allylic oxidation sites excluding steroid dienone is 3. The summed E-state index contributed by atoms with van der Waals surface area (Å²) >= 11 is 6.81. The van der Waals surface area contributed by atoms with Crippen molar-refractivity contribution in [1.29, 1.82) is 0 Å². The van der Waals surface area contributed by atoms with E-state index in [0.29, 0.717) is 36.6 Å². The van der Waals surface area contributed by atoms with Crippen molar-refractivity contribution in [2.45, 2.75) is 120 Å². The van der Waals surface area contributed by atoms with E-state index in [9.17, 15) is 38.7 Å². The minimum atomic E-state index is -1.98. The second kappa shape index (κ2) is 22.4. The van der Waals surface area contributed by atoms with Crippen molar-refractivity contribution < 1.29 is 62.4 Å². The maximum atomic E-state index is 14.4. The fraction of sp³-hybridized carbons (Fsp3) is 0.596. The largest absolute Gasteiger partial charge is 0.495 e. The van der Waals surface area contributed by atoms with Crippen molar-refractivity contribution in [2.75, 3.05) is 58.7 Å². The summed E-state index contributed by atoms with van der Waals surface area (Å²) < 4.78 is 29.2. The first-order valence-electron chi connectivity index (χ1n) is 22.3. The van der Waals surface area contributed by atoms with Gasteiger partial charge in [0.15, 0.2) is 5.72 Å². The van der Waals surface area contributed by atoms with Crippen LogP contribution >= 0.6 is 33.2 Å². The van der Waals surface area contributed by atoms with Crippen LogP contribution in [-0.4, -0.2) is 151 Å². The molecular formula is C47H64ClN5O13S2. The Morgan fingerprint density at radius 1 is 1.12 bits per heavy atom. The molecule has 18 nitrogen and oxygen atoms in total. The normalized spacial score (nSPS) is 28.1. The Bertz CT molecular complexity index is 2210. The van der Waals surface area contributed by atoms with Gasteiger partial charge in [-0.25, -0.2) is 9.59 Å². The van der Waals surface area contributed by atoms with E-state index >= 15 is 0 Å². The van der Waals surface area contributed by atoms with E-state index in [2.05, 4.69) is 10.6 Å². The third-order valence-electron chi connectivity index (χ3n) is 12.7. The molecule has 4 heterocycles. The van der Waals surface area contributed by atoms with E-state index in [1.165, 1.54) is 60.9 Å². The number of epoxide rings is 1. The fourth-order valence-corrected chi connectivity index (χ4v) is 11.3. The maximum absolute atomic E-state index is 14.4. The molecule has 2 saturated heterocycles. The maximum Gasteiger partial charge on any atom is 0.409 e. The molecule has 4 bridgehead atoms. The van der Waals surface area contributed by atoms with Gasteiger partial charge < -0.3 is 43.9 Å². The number of alkyl carbamates (subject to hydrolysis) is 1. The van der Waals surface area contributed by atoms with E-state index in [1.54, 1.807) is 56.0 Å². The second-order valence-corrected chi connectivity index (χ2v) is 22.2. The molecule has 5 rings (SSSR count). The van der Waals surface area contributed by atoms with Gasteiger partial charge in [0.05, 0.1) is 25.3 Å². The van der Waals surface area contributed by atoms with Crippen LogP contribution in [0.4, 0.5) is 10.5 Å². The molecule has 4 aliphatic rings.